The lowest BCUT2D eigenvalue weighted by Gasteiger charge is -2.26. The molecule has 0 amide bonds. The molecule has 1 atom stereocenters. The second-order valence-electron chi connectivity index (χ2n) is 5.71. The Labute approximate surface area is 121 Å². The first kappa shape index (κ1) is 14.6. The number of hydrogen-bond donors (Lipinski definition) is 1. The summed E-state index contributed by atoms with van der Waals surface area (Å²) in [5.74, 6) is 1.36. The molecule has 0 aliphatic carbocycles. The molecule has 2 N–H and O–H groups in total. The summed E-state index contributed by atoms with van der Waals surface area (Å²) in [7, 11) is 1.67. The van der Waals surface area contributed by atoms with Crippen molar-refractivity contribution in [2.75, 3.05) is 7.11 Å². The summed E-state index contributed by atoms with van der Waals surface area (Å²) >= 11 is 0. The Morgan fingerprint density at radius 2 is 1.65 bits per heavy atom. The third-order valence-corrected chi connectivity index (χ3v) is 3.85. The molecule has 2 rings (SSSR count). The van der Waals surface area contributed by atoms with Gasteiger partial charge in [0.2, 0.25) is 0 Å². The predicted molar refractivity (Wildman–Crippen MR) is 84.2 cm³/mol. The van der Waals surface area contributed by atoms with E-state index in [1.807, 2.05) is 31.2 Å². The van der Waals surface area contributed by atoms with Gasteiger partial charge in [-0.1, -0.05) is 50.2 Å². The Bertz CT molecular complexity index is 570. The van der Waals surface area contributed by atoms with Crippen molar-refractivity contribution in [3.05, 3.63) is 65.2 Å². The fraction of sp³-hybridized carbons (Fsp3) is 0.333. The van der Waals surface area contributed by atoms with Crippen LogP contribution in [0, 0.1) is 0 Å². The van der Waals surface area contributed by atoms with Crippen LogP contribution in [-0.4, -0.2) is 7.11 Å². The average Bonchev–Trinajstić information content (AvgIpc) is 2.47. The number of methoxy groups -OCH3 is 1. The molecule has 0 bridgehead atoms. The van der Waals surface area contributed by atoms with Crippen LogP contribution in [0.3, 0.4) is 0 Å². The van der Waals surface area contributed by atoms with E-state index in [0.717, 1.165) is 16.9 Å². The summed E-state index contributed by atoms with van der Waals surface area (Å²) in [6.45, 7) is 6.42. The molecule has 106 valence electrons. The maximum absolute atomic E-state index is 6.55. The molecule has 2 heteroatoms. The Balaban J connectivity index is 2.37. The molecule has 0 aliphatic heterocycles. The summed E-state index contributed by atoms with van der Waals surface area (Å²) in [6, 6.07) is 16.5. The van der Waals surface area contributed by atoms with Gasteiger partial charge in [-0.05, 0) is 41.7 Å². The van der Waals surface area contributed by atoms with Crippen LogP contribution in [0.2, 0.25) is 0 Å². The van der Waals surface area contributed by atoms with Crippen molar-refractivity contribution in [2.45, 2.75) is 32.2 Å². The lowest BCUT2D eigenvalue weighted by atomic mass is 9.84. The first-order chi connectivity index (χ1) is 9.45. The van der Waals surface area contributed by atoms with Gasteiger partial charge in [-0.15, -0.1) is 0 Å². The highest BCUT2D eigenvalue weighted by Crippen LogP contribution is 2.29. The fourth-order valence-corrected chi connectivity index (χ4v) is 2.33. The van der Waals surface area contributed by atoms with E-state index < -0.39 is 5.54 Å². The second-order valence-corrected chi connectivity index (χ2v) is 5.71. The molecule has 2 aromatic carbocycles. The smallest absolute Gasteiger partial charge is 0.119 e. The molecular formula is C18H23NO. The van der Waals surface area contributed by atoms with Crippen molar-refractivity contribution in [2.24, 2.45) is 5.73 Å². The van der Waals surface area contributed by atoms with Gasteiger partial charge in [0.15, 0.2) is 0 Å². The fourth-order valence-electron chi connectivity index (χ4n) is 2.33. The summed E-state index contributed by atoms with van der Waals surface area (Å²) in [4.78, 5) is 0. The van der Waals surface area contributed by atoms with Gasteiger partial charge in [-0.2, -0.15) is 0 Å². The van der Waals surface area contributed by atoms with Crippen LogP contribution in [0.5, 0.6) is 5.75 Å². The van der Waals surface area contributed by atoms with Crippen LogP contribution in [0.15, 0.2) is 48.5 Å². The number of ether oxygens (including phenoxy) is 1. The lowest BCUT2D eigenvalue weighted by Crippen LogP contribution is -2.34. The molecule has 0 heterocycles. The zero-order valence-electron chi connectivity index (χ0n) is 12.7. The van der Waals surface area contributed by atoms with Crippen molar-refractivity contribution in [1.29, 1.82) is 0 Å². The van der Waals surface area contributed by atoms with E-state index in [1.165, 1.54) is 5.56 Å². The van der Waals surface area contributed by atoms with E-state index in [1.54, 1.807) is 7.11 Å². The minimum Gasteiger partial charge on any atom is -0.497 e. The second kappa shape index (κ2) is 5.68. The highest BCUT2D eigenvalue weighted by atomic mass is 16.5. The minimum atomic E-state index is -0.524. The number of hydrogen-bond acceptors (Lipinski definition) is 2. The van der Waals surface area contributed by atoms with Crippen LogP contribution in [-0.2, 0) is 5.54 Å². The van der Waals surface area contributed by atoms with Crippen LogP contribution in [0.25, 0.3) is 0 Å². The molecule has 2 nitrogen and oxygen atoms in total. The van der Waals surface area contributed by atoms with Crippen molar-refractivity contribution in [1.82, 2.24) is 0 Å². The monoisotopic (exact) mass is 269 g/mol. The summed E-state index contributed by atoms with van der Waals surface area (Å²) in [5, 5.41) is 0. The van der Waals surface area contributed by atoms with Gasteiger partial charge < -0.3 is 10.5 Å². The molecule has 0 saturated heterocycles. The molecule has 2 aromatic rings. The highest BCUT2D eigenvalue weighted by molar-refractivity contribution is 5.41. The first-order valence-electron chi connectivity index (χ1n) is 6.99. The van der Waals surface area contributed by atoms with Crippen molar-refractivity contribution >= 4 is 0 Å². The van der Waals surface area contributed by atoms with Gasteiger partial charge >= 0.3 is 0 Å². The molecular weight excluding hydrogens is 246 g/mol. The molecule has 0 aromatic heterocycles. The van der Waals surface area contributed by atoms with Crippen molar-refractivity contribution in [3.8, 4) is 5.75 Å². The SMILES string of the molecule is COc1cccc(C(C)(N)c2ccc(C(C)C)cc2)c1. The maximum Gasteiger partial charge on any atom is 0.119 e. The van der Waals surface area contributed by atoms with Crippen LogP contribution < -0.4 is 10.5 Å². The number of rotatable bonds is 4. The van der Waals surface area contributed by atoms with Gasteiger partial charge in [0.25, 0.3) is 0 Å². The minimum absolute atomic E-state index is 0.524. The van der Waals surface area contributed by atoms with Gasteiger partial charge in [-0.3, -0.25) is 0 Å². The standard InChI is InChI=1S/C18H23NO/c1-13(2)14-8-10-15(11-9-14)18(3,19)16-6-5-7-17(12-16)20-4/h5-13H,19H2,1-4H3. The third kappa shape index (κ3) is 2.86. The Morgan fingerprint density at radius 3 is 2.20 bits per heavy atom. The molecule has 0 saturated carbocycles. The molecule has 0 spiro atoms. The first-order valence-corrected chi connectivity index (χ1v) is 6.99. The van der Waals surface area contributed by atoms with Crippen molar-refractivity contribution in [3.63, 3.8) is 0 Å². The Hall–Kier alpha value is -1.80. The molecule has 20 heavy (non-hydrogen) atoms. The average molecular weight is 269 g/mol. The Kier molecular flexibility index (Phi) is 4.15. The molecule has 0 fully saturated rings. The van der Waals surface area contributed by atoms with Gasteiger partial charge in [-0.25, -0.2) is 0 Å². The summed E-state index contributed by atoms with van der Waals surface area (Å²) < 4.78 is 5.28. The predicted octanol–water partition coefficient (Wildman–Crippen LogP) is 4.04. The number of benzene rings is 2. The van der Waals surface area contributed by atoms with Gasteiger partial charge in [0.05, 0.1) is 12.6 Å². The normalized spacial score (nSPS) is 14.1. The zero-order chi connectivity index (χ0) is 14.8. The van der Waals surface area contributed by atoms with Crippen molar-refractivity contribution < 1.29 is 4.74 Å². The Morgan fingerprint density at radius 1 is 1.00 bits per heavy atom. The van der Waals surface area contributed by atoms with E-state index in [-0.39, 0.29) is 0 Å². The van der Waals surface area contributed by atoms with Crippen LogP contribution >= 0.6 is 0 Å². The highest BCUT2D eigenvalue weighted by Gasteiger charge is 2.24. The lowest BCUT2D eigenvalue weighted by molar-refractivity contribution is 0.413. The molecule has 1 unspecified atom stereocenters. The van der Waals surface area contributed by atoms with Gasteiger partial charge in [0.1, 0.15) is 5.75 Å². The van der Waals surface area contributed by atoms with E-state index in [4.69, 9.17) is 10.5 Å². The summed E-state index contributed by atoms with van der Waals surface area (Å²) in [6.07, 6.45) is 0. The summed E-state index contributed by atoms with van der Waals surface area (Å²) in [5.41, 5.74) is 9.52. The van der Waals surface area contributed by atoms with Crippen LogP contribution in [0.1, 0.15) is 43.4 Å². The quantitative estimate of drug-likeness (QED) is 0.909. The van der Waals surface area contributed by atoms with Gasteiger partial charge in [0, 0.05) is 0 Å². The van der Waals surface area contributed by atoms with E-state index in [9.17, 15) is 0 Å². The molecule has 0 radical (unpaired) electrons. The van der Waals surface area contributed by atoms with E-state index in [0.29, 0.717) is 5.92 Å². The topological polar surface area (TPSA) is 35.2 Å². The third-order valence-electron chi connectivity index (χ3n) is 3.85. The number of nitrogens with two attached hydrogens (primary N) is 1. The zero-order valence-corrected chi connectivity index (χ0v) is 12.7. The largest absolute Gasteiger partial charge is 0.497 e. The van der Waals surface area contributed by atoms with Crippen LogP contribution in [0.4, 0.5) is 0 Å². The van der Waals surface area contributed by atoms with E-state index >= 15 is 0 Å². The van der Waals surface area contributed by atoms with E-state index in [2.05, 4.69) is 38.1 Å². The maximum atomic E-state index is 6.55. The molecule has 0 aliphatic rings.